The molecule has 1 aliphatic heterocycles. The number of aromatic nitrogens is 4. The number of hydrogen-bond acceptors (Lipinski definition) is 4. The first-order chi connectivity index (χ1) is 9.81. The van der Waals surface area contributed by atoms with E-state index in [0.717, 1.165) is 47.6 Å². The standard InChI is InChI=1S/C15H17N5/c1-11-14-15(17-13-7-3-2-6-12(13)16-14)20(18-11)10-19-8-4-5-9-19/h2-3,6-7H,4-5,8-10H2,1H3. The van der Waals surface area contributed by atoms with Crippen LogP contribution in [0.3, 0.4) is 0 Å². The average molecular weight is 267 g/mol. The first-order valence-corrected chi connectivity index (χ1v) is 7.13. The average Bonchev–Trinajstić information content (AvgIpc) is 3.07. The molecule has 2 aromatic heterocycles. The Bertz CT molecular complexity index is 770. The van der Waals surface area contributed by atoms with Gasteiger partial charge in [-0.05, 0) is 45.0 Å². The molecule has 0 spiro atoms. The molecule has 20 heavy (non-hydrogen) atoms. The molecule has 0 bridgehead atoms. The van der Waals surface area contributed by atoms with Gasteiger partial charge in [-0.2, -0.15) is 5.10 Å². The molecule has 0 amide bonds. The van der Waals surface area contributed by atoms with Crippen molar-refractivity contribution in [1.82, 2.24) is 24.6 Å². The maximum atomic E-state index is 4.75. The summed E-state index contributed by atoms with van der Waals surface area (Å²) in [4.78, 5) is 11.9. The van der Waals surface area contributed by atoms with Crippen LogP contribution in [0.4, 0.5) is 0 Å². The van der Waals surface area contributed by atoms with Gasteiger partial charge >= 0.3 is 0 Å². The Kier molecular flexibility index (Phi) is 2.67. The van der Waals surface area contributed by atoms with Gasteiger partial charge < -0.3 is 0 Å². The lowest BCUT2D eigenvalue weighted by atomic mass is 10.3. The van der Waals surface area contributed by atoms with E-state index in [0.29, 0.717) is 0 Å². The van der Waals surface area contributed by atoms with Crippen molar-refractivity contribution < 1.29 is 0 Å². The molecule has 5 heteroatoms. The summed E-state index contributed by atoms with van der Waals surface area (Å²) in [7, 11) is 0. The summed E-state index contributed by atoms with van der Waals surface area (Å²) in [5.41, 5.74) is 4.64. The molecule has 0 aliphatic carbocycles. The molecule has 3 heterocycles. The van der Waals surface area contributed by atoms with Gasteiger partial charge in [0, 0.05) is 0 Å². The first-order valence-electron chi connectivity index (χ1n) is 7.13. The van der Waals surface area contributed by atoms with Crippen molar-refractivity contribution in [2.24, 2.45) is 0 Å². The molecule has 0 atom stereocenters. The third-order valence-electron chi connectivity index (χ3n) is 3.94. The van der Waals surface area contributed by atoms with Crippen molar-refractivity contribution in [2.45, 2.75) is 26.4 Å². The van der Waals surface area contributed by atoms with Crippen LogP contribution >= 0.6 is 0 Å². The summed E-state index contributed by atoms with van der Waals surface area (Å²) < 4.78 is 2.00. The molecule has 0 radical (unpaired) electrons. The van der Waals surface area contributed by atoms with E-state index < -0.39 is 0 Å². The summed E-state index contributed by atoms with van der Waals surface area (Å²) in [6, 6.07) is 7.99. The van der Waals surface area contributed by atoms with Crippen LogP contribution in [-0.4, -0.2) is 37.7 Å². The topological polar surface area (TPSA) is 46.8 Å². The molecule has 3 aromatic rings. The van der Waals surface area contributed by atoms with E-state index >= 15 is 0 Å². The number of hydrogen-bond donors (Lipinski definition) is 0. The van der Waals surface area contributed by atoms with E-state index in [1.165, 1.54) is 12.8 Å². The number of para-hydroxylation sites is 2. The van der Waals surface area contributed by atoms with Crippen LogP contribution in [0.15, 0.2) is 24.3 Å². The second kappa shape index (κ2) is 4.52. The number of rotatable bonds is 2. The fraction of sp³-hybridized carbons (Fsp3) is 0.400. The van der Waals surface area contributed by atoms with Crippen molar-refractivity contribution in [3.8, 4) is 0 Å². The van der Waals surface area contributed by atoms with Gasteiger partial charge in [-0.15, -0.1) is 0 Å². The van der Waals surface area contributed by atoms with Crippen LogP contribution in [0.1, 0.15) is 18.5 Å². The van der Waals surface area contributed by atoms with Gasteiger partial charge in [0.15, 0.2) is 5.65 Å². The van der Waals surface area contributed by atoms with Crippen molar-refractivity contribution in [3.05, 3.63) is 30.0 Å². The van der Waals surface area contributed by atoms with Crippen LogP contribution in [0.25, 0.3) is 22.2 Å². The normalized spacial score (nSPS) is 16.4. The lowest BCUT2D eigenvalue weighted by Gasteiger charge is -2.14. The molecule has 102 valence electrons. The van der Waals surface area contributed by atoms with Gasteiger partial charge in [-0.25, -0.2) is 14.6 Å². The zero-order chi connectivity index (χ0) is 13.5. The number of aryl methyl sites for hydroxylation is 1. The quantitative estimate of drug-likeness (QED) is 0.715. The van der Waals surface area contributed by atoms with Crippen LogP contribution in [-0.2, 0) is 6.67 Å². The Morgan fingerprint density at radius 3 is 2.50 bits per heavy atom. The Morgan fingerprint density at radius 2 is 1.75 bits per heavy atom. The summed E-state index contributed by atoms with van der Waals surface area (Å²) in [6.07, 6.45) is 2.57. The van der Waals surface area contributed by atoms with Crippen molar-refractivity contribution in [1.29, 1.82) is 0 Å². The van der Waals surface area contributed by atoms with Crippen molar-refractivity contribution in [3.63, 3.8) is 0 Å². The van der Waals surface area contributed by atoms with Gasteiger partial charge in [0.25, 0.3) is 0 Å². The Labute approximate surface area is 117 Å². The van der Waals surface area contributed by atoms with Crippen LogP contribution in [0.5, 0.6) is 0 Å². The lowest BCUT2D eigenvalue weighted by molar-refractivity contribution is 0.259. The Hall–Kier alpha value is -2.01. The van der Waals surface area contributed by atoms with Crippen molar-refractivity contribution >= 4 is 22.2 Å². The number of fused-ring (bicyclic) bond motifs is 2. The SMILES string of the molecule is Cc1nn(CN2CCCC2)c2nc3ccccc3nc12. The van der Waals surface area contributed by atoms with E-state index in [2.05, 4.69) is 10.00 Å². The maximum absolute atomic E-state index is 4.75. The summed E-state index contributed by atoms with van der Waals surface area (Å²) in [6.45, 7) is 5.13. The Balaban J connectivity index is 1.86. The summed E-state index contributed by atoms with van der Waals surface area (Å²) in [5, 5.41) is 4.63. The molecule has 5 nitrogen and oxygen atoms in total. The molecule has 1 aromatic carbocycles. The van der Waals surface area contributed by atoms with Crippen molar-refractivity contribution in [2.75, 3.05) is 13.1 Å². The lowest BCUT2D eigenvalue weighted by Crippen LogP contribution is -2.23. The van der Waals surface area contributed by atoms with Crippen LogP contribution < -0.4 is 0 Å². The van der Waals surface area contributed by atoms with Gasteiger partial charge in [0.05, 0.1) is 23.4 Å². The summed E-state index contributed by atoms with van der Waals surface area (Å²) in [5.74, 6) is 0. The van der Waals surface area contributed by atoms with E-state index in [-0.39, 0.29) is 0 Å². The number of benzene rings is 1. The minimum atomic E-state index is 0.817. The van der Waals surface area contributed by atoms with E-state index in [9.17, 15) is 0 Å². The van der Waals surface area contributed by atoms with Gasteiger partial charge in [-0.3, -0.25) is 4.90 Å². The highest BCUT2D eigenvalue weighted by molar-refractivity contribution is 5.85. The predicted octanol–water partition coefficient (Wildman–Crippen LogP) is 2.34. The smallest absolute Gasteiger partial charge is 0.178 e. The molecule has 0 saturated carbocycles. The first kappa shape index (κ1) is 11.8. The van der Waals surface area contributed by atoms with E-state index in [4.69, 9.17) is 9.97 Å². The second-order valence-corrected chi connectivity index (χ2v) is 5.44. The highest BCUT2D eigenvalue weighted by Gasteiger charge is 2.16. The van der Waals surface area contributed by atoms with Crippen LogP contribution in [0.2, 0.25) is 0 Å². The van der Waals surface area contributed by atoms with Gasteiger partial charge in [0.1, 0.15) is 5.52 Å². The van der Waals surface area contributed by atoms with E-state index in [1.807, 2.05) is 35.9 Å². The molecule has 0 unspecified atom stereocenters. The van der Waals surface area contributed by atoms with Gasteiger partial charge in [-0.1, -0.05) is 12.1 Å². The molecule has 0 N–H and O–H groups in total. The monoisotopic (exact) mass is 267 g/mol. The third kappa shape index (κ3) is 1.86. The number of nitrogens with zero attached hydrogens (tertiary/aromatic N) is 5. The zero-order valence-electron chi connectivity index (χ0n) is 11.6. The molecule has 1 aliphatic rings. The molecule has 1 saturated heterocycles. The van der Waals surface area contributed by atoms with E-state index in [1.54, 1.807) is 0 Å². The Morgan fingerprint density at radius 1 is 1.05 bits per heavy atom. The predicted molar refractivity (Wildman–Crippen MR) is 78.4 cm³/mol. The molecular weight excluding hydrogens is 250 g/mol. The van der Waals surface area contributed by atoms with Crippen LogP contribution in [0, 0.1) is 6.92 Å². The second-order valence-electron chi connectivity index (χ2n) is 5.44. The molecular formula is C15H17N5. The summed E-state index contributed by atoms with van der Waals surface area (Å²) >= 11 is 0. The third-order valence-corrected chi connectivity index (χ3v) is 3.94. The minimum absolute atomic E-state index is 0.817. The fourth-order valence-electron chi connectivity index (χ4n) is 2.90. The zero-order valence-corrected chi connectivity index (χ0v) is 11.6. The highest BCUT2D eigenvalue weighted by Crippen LogP contribution is 2.19. The van der Waals surface area contributed by atoms with Gasteiger partial charge in [0.2, 0.25) is 0 Å². The minimum Gasteiger partial charge on any atom is -0.284 e. The fourth-order valence-corrected chi connectivity index (χ4v) is 2.90. The molecule has 1 fully saturated rings. The largest absolute Gasteiger partial charge is 0.284 e. The maximum Gasteiger partial charge on any atom is 0.178 e. The number of likely N-dealkylation sites (tertiary alicyclic amines) is 1. The molecule has 4 rings (SSSR count). The highest BCUT2D eigenvalue weighted by atomic mass is 15.4.